The first kappa shape index (κ1) is 13.1. The number of rotatable bonds is 5. The van der Waals surface area contributed by atoms with Crippen molar-refractivity contribution >= 4 is 11.0 Å². The van der Waals surface area contributed by atoms with Crippen LogP contribution in [0.5, 0.6) is 0 Å². The van der Waals surface area contributed by atoms with E-state index in [0.717, 1.165) is 23.1 Å². The molecule has 0 bridgehead atoms. The minimum Gasteiger partial charge on any atom is -0.464 e. The second kappa shape index (κ2) is 5.55. The van der Waals surface area contributed by atoms with Crippen LogP contribution in [0.15, 0.2) is 34.9 Å². The summed E-state index contributed by atoms with van der Waals surface area (Å²) >= 11 is 0. The Morgan fingerprint density at radius 2 is 2.00 bits per heavy atom. The lowest BCUT2D eigenvalue weighted by Gasteiger charge is -2.26. The zero-order chi connectivity index (χ0) is 13.1. The Labute approximate surface area is 108 Å². The van der Waals surface area contributed by atoms with Crippen LogP contribution in [-0.2, 0) is 0 Å². The van der Waals surface area contributed by atoms with Gasteiger partial charge in [0.25, 0.3) is 0 Å². The summed E-state index contributed by atoms with van der Waals surface area (Å²) in [6.07, 6.45) is 1.81. The third-order valence-corrected chi connectivity index (χ3v) is 3.63. The molecule has 98 valence electrons. The van der Waals surface area contributed by atoms with Gasteiger partial charge in [-0.25, -0.2) is 0 Å². The molecule has 3 N–H and O–H groups in total. The number of furan rings is 1. The molecule has 3 nitrogen and oxygen atoms in total. The van der Waals surface area contributed by atoms with Crippen molar-refractivity contribution in [2.75, 3.05) is 13.6 Å². The fourth-order valence-corrected chi connectivity index (χ4v) is 2.50. The van der Waals surface area contributed by atoms with Gasteiger partial charge in [0.05, 0.1) is 6.26 Å². The van der Waals surface area contributed by atoms with Gasteiger partial charge in [-0.3, -0.25) is 0 Å². The van der Waals surface area contributed by atoms with Crippen molar-refractivity contribution in [2.24, 2.45) is 17.6 Å². The van der Waals surface area contributed by atoms with Crippen LogP contribution >= 0.6 is 0 Å². The first-order valence-corrected chi connectivity index (χ1v) is 6.51. The van der Waals surface area contributed by atoms with E-state index in [4.69, 9.17) is 10.2 Å². The van der Waals surface area contributed by atoms with Crippen LogP contribution in [0, 0.1) is 11.8 Å². The smallest absolute Gasteiger partial charge is 0.134 e. The lowest BCUT2D eigenvalue weighted by Crippen LogP contribution is -2.33. The lowest BCUT2D eigenvalue weighted by atomic mass is 9.85. The van der Waals surface area contributed by atoms with E-state index in [2.05, 4.69) is 25.2 Å². The van der Waals surface area contributed by atoms with Crippen molar-refractivity contribution in [3.8, 4) is 0 Å². The maximum absolute atomic E-state index is 6.44. The summed E-state index contributed by atoms with van der Waals surface area (Å²) in [4.78, 5) is 0. The molecule has 0 aliphatic heterocycles. The van der Waals surface area contributed by atoms with E-state index in [1.54, 1.807) is 6.26 Å². The number of hydrogen-bond donors (Lipinski definition) is 2. The van der Waals surface area contributed by atoms with Gasteiger partial charge >= 0.3 is 0 Å². The van der Waals surface area contributed by atoms with Gasteiger partial charge in [0, 0.05) is 17.0 Å². The van der Waals surface area contributed by atoms with Crippen molar-refractivity contribution in [1.29, 1.82) is 0 Å². The molecule has 2 aromatic rings. The third kappa shape index (κ3) is 2.42. The highest BCUT2D eigenvalue weighted by Gasteiger charge is 2.24. The second-order valence-electron chi connectivity index (χ2n) is 5.18. The first-order valence-electron chi connectivity index (χ1n) is 6.51. The van der Waals surface area contributed by atoms with E-state index >= 15 is 0 Å². The SMILES string of the molecule is CNCC(C(C)C)C(N)c1coc2ccccc12. The quantitative estimate of drug-likeness (QED) is 0.853. The van der Waals surface area contributed by atoms with Crippen molar-refractivity contribution in [3.63, 3.8) is 0 Å². The molecule has 0 aliphatic carbocycles. The highest BCUT2D eigenvalue weighted by molar-refractivity contribution is 5.81. The number of fused-ring (bicyclic) bond motifs is 1. The summed E-state index contributed by atoms with van der Waals surface area (Å²) < 4.78 is 5.58. The molecule has 0 radical (unpaired) electrons. The summed E-state index contributed by atoms with van der Waals surface area (Å²) in [5.74, 6) is 0.928. The Bertz CT molecular complexity index is 504. The average molecular weight is 246 g/mol. The van der Waals surface area contributed by atoms with Gasteiger partial charge in [0.15, 0.2) is 0 Å². The van der Waals surface area contributed by atoms with E-state index in [1.165, 1.54) is 0 Å². The molecule has 1 aromatic heterocycles. The fraction of sp³-hybridized carbons (Fsp3) is 0.467. The minimum absolute atomic E-state index is 0.00102. The van der Waals surface area contributed by atoms with Crippen molar-refractivity contribution < 1.29 is 4.42 Å². The first-order chi connectivity index (χ1) is 8.65. The van der Waals surface area contributed by atoms with Gasteiger partial charge in [-0.15, -0.1) is 0 Å². The number of benzene rings is 1. The van der Waals surface area contributed by atoms with E-state index in [1.807, 2.05) is 25.2 Å². The summed E-state index contributed by atoms with van der Waals surface area (Å²) in [5.41, 5.74) is 8.46. The molecular formula is C15H22N2O. The standard InChI is InChI=1S/C15H22N2O/c1-10(2)12(8-17-3)15(16)13-9-18-14-7-5-4-6-11(13)14/h4-7,9-10,12,15,17H,8,16H2,1-3H3. The molecule has 0 amide bonds. The Morgan fingerprint density at radius 3 is 2.67 bits per heavy atom. The maximum atomic E-state index is 6.44. The van der Waals surface area contributed by atoms with E-state index in [-0.39, 0.29) is 6.04 Å². The Hall–Kier alpha value is -1.32. The van der Waals surface area contributed by atoms with Gasteiger partial charge in [0.1, 0.15) is 5.58 Å². The van der Waals surface area contributed by atoms with Crippen LogP contribution in [0.3, 0.4) is 0 Å². The van der Waals surface area contributed by atoms with Crippen LogP contribution in [-0.4, -0.2) is 13.6 Å². The van der Waals surface area contributed by atoms with Gasteiger partial charge in [-0.2, -0.15) is 0 Å². The van der Waals surface area contributed by atoms with Gasteiger partial charge < -0.3 is 15.5 Å². The molecule has 18 heavy (non-hydrogen) atoms. The number of para-hydroxylation sites is 1. The molecule has 0 aliphatic rings. The molecule has 0 fully saturated rings. The molecule has 2 rings (SSSR count). The summed E-state index contributed by atoms with van der Waals surface area (Å²) in [6, 6.07) is 8.06. The number of hydrogen-bond acceptors (Lipinski definition) is 3. The van der Waals surface area contributed by atoms with Crippen LogP contribution in [0.1, 0.15) is 25.5 Å². The zero-order valence-electron chi connectivity index (χ0n) is 11.3. The zero-order valence-corrected chi connectivity index (χ0v) is 11.3. The second-order valence-corrected chi connectivity index (χ2v) is 5.18. The van der Waals surface area contributed by atoms with Crippen molar-refractivity contribution in [2.45, 2.75) is 19.9 Å². The van der Waals surface area contributed by atoms with Gasteiger partial charge in [0.2, 0.25) is 0 Å². The molecule has 2 unspecified atom stereocenters. The molecular weight excluding hydrogens is 224 g/mol. The van der Waals surface area contributed by atoms with E-state index < -0.39 is 0 Å². The third-order valence-electron chi connectivity index (χ3n) is 3.63. The van der Waals surface area contributed by atoms with Crippen LogP contribution in [0.25, 0.3) is 11.0 Å². The molecule has 0 saturated carbocycles. The Morgan fingerprint density at radius 1 is 1.28 bits per heavy atom. The number of nitrogens with one attached hydrogen (secondary N) is 1. The van der Waals surface area contributed by atoms with Crippen LogP contribution in [0.4, 0.5) is 0 Å². The van der Waals surface area contributed by atoms with E-state index in [0.29, 0.717) is 11.8 Å². The lowest BCUT2D eigenvalue weighted by molar-refractivity contribution is 0.314. The monoisotopic (exact) mass is 246 g/mol. The summed E-state index contributed by atoms with van der Waals surface area (Å²) in [7, 11) is 1.97. The molecule has 0 spiro atoms. The Kier molecular flexibility index (Phi) is 4.04. The fourth-order valence-electron chi connectivity index (χ4n) is 2.50. The highest BCUT2D eigenvalue weighted by atomic mass is 16.3. The van der Waals surface area contributed by atoms with Crippen molar-refractivity contribution in [3.05, 3.63) is 36.1 Å². The van der Waals surface area contributed by atoms with Crippen LogP contribution in [0.2, 0.25) is 0 Å². The predicted octanol–water partition coefficient (Wildman–Crippen LogP) is 2.92. The van der Waals surface area contributed by atoms with Gasteiger partial charge in [-0.05, 0) is 31.5 Å². The largest absolute Gasteiger partial charge is 0.464 e. The van der Waals surface area contributed by atoms with Crippen molar-refractivity contribution in [1.82, 2.24) is 5.32 Å². The highest BCUT2D eigenvalue weighted by Crippen LogP contribution is 2.31. The van der Waals surface area contributed by atoms with E-state index in [9.17, 15) is 0 Å². The number of nitrogens with two attached hydrogens (primary N) is 1. The summed E-state index contributed by atoms with van der Waals surface area (Å²) in [5, 5.41) is 4.36. The minimum atomic E-state index is 0.00102. The average Bonchev–Trinajstić information content (AvgIpc) is 2.78. The molecule has 0 saturated heterocycles. The maximum Gasteiger partial charge on any atom is 0.134 e. The van der Waals surface area contributed by atoms with Gasteiger partial charge in [-0.1, -0.05) is 32.0 Å². The normalized spacial score (nSPS) is 15.2. The van der Waals surface area contributed by atoms with Crippen LogP contribution < -0.4 is 11.1 Å². The topological polar surface area (TPSA) is 51.2 Å². The Balaban J connectivity index is 2.34. The molecule has 1 heterocycles. The summed E-state index contributed by atoms with van der Waals surface area (Å²) in [6.45, 7) is 5.34. The predicted molar refractivity (Wildman–Crippen MR) is 75.4 cm³/mol. The molecule has 1 aromatic carbocycles. The molecule has 2 atom stereocenters. The molecule has 3 heteroatoms.